The van der Waals surface area contributed by atoms with Crippen molar-refractivity contribution >= 4 is 23.0 Å². The maximum Gasteiger partial charge on any atom is 0.389 e. The van der Waals surface area contributed by atoms with Crippen LogP contribution < -0.4 is 0 Å². The highest BCUT2D eigenvalue weighted by Crippen LogP contribution is 2.33. The first-order valence-electron chi connectivity index (χ1n) is 16.2. The van der Waals surface area contributed by atoms with E-state index in [4.69, 9.17) is 4.98 Å². The molecule has 1 aromatic carbocycles. The molecule has 11 heteroatoms. The summed E-state index contributed by atoms with van der Waals surface area (Å²) in [5.41, 5.74) is 4.34. The molecular formula is C34H41F3N6O2. The van der Waals surface area contributed by atoms with E-state index in [2.05, 4.69) is 21.8 Å². The molecule has 6 rings (SSSR count). The van der Waals surface area contributed by atoms with Gasteiger partial charge in [0.2, 0.25) is 5.91 Å². The topological polar surface area (TPSA) is 74.0 Å². The highest BCUT2D eigenvalue weighted by molar-refractivity contribution is 5.95. The van der Waals surface area contributed by atoms with E-state index in [1.165, 1.54) is 4.90 Å². The quantitative estimate of drug-likeness (QED) is 0.288. The fourth-order valence-corrected chi connectivity index (χ4v) is 6.64. The smallest absolute Gasteiger partial charge is 0.339 e. The first kappa shape index (κ1) is 31.3. The van der Waals surface area contributed by atoms with E-state index in [0.29, 0.717) is 42.9 Å². The Kier molecular flexibility index (Phi) is 9.26. The normalized spacial score (nSPS) is 18.3. The molecule has 0 unspecified atom stereocenters. The van der Waals surface area contributed by atoms with Crippen molar-refractivity contribution in [2.24, 2.45) is 0 Å². The summed E-state index contributed by atoms with van der Waals surface area (Å²) in [5, 5.41) is 4.68. The van der Waals surface area contributed by atoms with Crippen LogP contribution in [0.15, 0.2) is 48.7 Å². The van der Waals surface area contributed by atoms with E-state index in [9.17, 15) is 22.8 Å². The first-order chi connectivity index (χ1) is 21.7. The number of pyridine rings is 1. The van der Waals surface area contributed by atoms with Crippen LogP contribution in [0.5, 0.6) is 0 Å². The van der Waals surface area contributed by atoms with Crippen molar-refractivity contribution in [3.63, 3.8) is 0 Å². The van der Waals surface area contributed by atoms with Crippen LogP contribution in [0.4, 0.5) is 13.2 Å². The zero-order chi connectivity index (χ0) is 31.6. The molecule has 45 heavy (non-hydrogen) atoms. The molecule has 2 amide bonds. The molecule has 1 aliphatic carbocycles. The number of rotatable bonds is 10. The van der Waals surface area contributed by atoms with E-state index < -0.39 is 24.9 Å². The highest BCUT2D eigenvalue weighted by atomic mass is 19.4. The number of hydrogen-bond acceptors (Lipinski definition) is 5. The zero-order valence-corrected chi connectivity index (χ0v) is 25.8. The van der Waals surface area contributed by atoms with Gasteiger partial charge in [-0.2, -0.15) is 18.3 Å². The third kappa shape index (κ3) is 7.57. The van der Waals surface area contributed by atoms with Gasteiger partial charge in [0.1, 0.15) is 0 Å². The number of carbonyl (C=O) groups is 2. The molecule has 0 bridgehead atoms. The fraction of sp³-hybridized carbons (Fsp3) is 0.529. The number of benzene rings is 1. The van der Waals surface area contributed by atoms with Crippen LogP contribution in [0.25, 0.3) is 11.2 Å². The molecular weight excluding hydrogens is 581 g/mol. The number of aromatic nitrogens is 3. The summed E-state index contributed by atoms with van der Waals surface area (Å²) in [5.74, 6) is 0.307. The Morgan fingerprint density at radius 3 is 2.38 bits per heavy atom. The number of piperidine rings is 1. The van der Waals surface area contributed by atoms with E-state index in [0.717, 1.165) is 74.0 Å². The minimum Gasteiger partial charge on any atom is -0.339 e. The molecule has 4 heterocycles. The molecule has 1 saturated heterocycles. The number of likely N-dealkylation sites (tertiary alicyclic amines) is 1. The van der Waals surface area contributed by atoms with Crippen molar-refractivity contribution in [3.8, 4) is 0 Å². The summed E-state index contributed by atoms with van der Waals surface area (Å²) in [7, 11) is 0. The molecule has 1 saturated carbocycles. The van der Waals surface area contributed by atoms with Crippen molar-refractivity contribution in [1.82, 2.24) is 29.3 Å². The number of halogens is 3. The molecule has 0 spiro atoms. The fourth-order valence-electron chi connectivity index (χ4n) is 6.64. The van der Waals surface area contributed by atoms with Crippen LogP contribution >= 0.6 is 0 Å². The van der Waals surface area contributed by atoms with E-state index in [1.807, 2.05) is 48.7 Å². The van der Waals surface area contributed by atoms with Crippen LogP contribution in [0.2, 0.25) is 0 Å². The Labute approximate surface area is 261 Å². The van der Waals surface area contributed by atoms with Crippen molar-refractivity contribution in [1.29, 1.82) is 0 Å². The lowest BCUT2D eigenvalue weighted by atomic mass is 10.00. The van der Waals surface area contributed by atoms with Gasteiger partial charge in [0, 0.05) is 68.4 Å². The van der Waals surface area contributed by atoms with Crippen LogP contribution in [-0.2, 0) is 11.2 Å². The maximum absolute atomic E-state index is 13.6. The molecule has 3 aromatic rings. The minimum atomic E-state index is -4.34. The second-order valence-corrected chi connectivity index (χ2v) is 12.5. The summed E-state index contributed by atoms with van der Waals surface area (Å²) in [6.45, 7) is 6.10. The number of carbonyl (C=O) groups excluding carboxylic acids is 2. The standard InChI is InChI=1S/C34H41F3N6O2/c1-2-17-40-19-14-28(15-20-40)43(27-9-10-27)33(45)26-7-5-24(6-8-26)23-30-38-32-29(4-3-18-42(32)39-30)25-12-21-41(22-13-25)31(44)11-16-34(35,36)37/h3-8,12,18,27-28H,2,9-11,13-17,19-23H2,1H3. The molecule has 3 aliphatic rings. The number of nitrogens with zero attached hydrogens (tertiary/aromatic N) is 6. The average molecular weight is 623 g/mol. The van der Waals surface area contributed by atoms with Crippen LogP contribution in [0, 0.1) is 0 Å². The van der Waals surface area contributed by atoms with Gasteiger partial charge < -0.3 is 14.7 Å². The number of amides is 2. The van der Waals surface area contributed by atoms with Crippen LogP contribution in [-0.4, -0.2) is 92.1 Å². The summed E-state index contributed by atoms with van der Waals surface area (Å²) in [6.07, 6.45) is 4.24. The lowest BCUT2D eigenvalue weighted by molar-refractivity contribution is -0.148. The number of hydrogen-bond donors (Lipinski definition) is 0. The summed E-state index contributed by atoms with van der Waals surface area (Å²) < 4.78 is 39.4. The molecule has 2 aromatic heterocycles. The lowest BCUT2D eigenvalue weighted by Crippen LogP contribution is -2.48. The van der Waals surface area contributed by atoms with Crippen molar-refractivity contribution in [2.75, 3.05) is 32.7 Å². The summed E-state index contributed by atoms with van der Waals surface area (Å²) >= 11 is 0. The summed E-state index contributed by atoms with van der Waals surface area (Å²) in [6, 6.07) is 12.4. The van der Waals surface area contributed by atoms with Gasteiger partial charge >= 0.3 is 6.18 Å². The Bertz CT molecular complexity index is 1540. The van der Waals surface area contributed by atoms with Crippen molar-refractivity contribution in [3.05, 3.63) is 71.2 Å². The van der Waals surface area contributed by atoms with Gasteiger partial charge in [0.25, 0.3) is 5.91 Å². The molecule has 2 fully saturated rings. The van der Waals surface area contributed by atoms with Gasteiger partial charge in [-0.1, -0.05) is 25.1 Å². The monoisotopic (exact) mass is 622 g/mol. The Hall–Kier alpha value is -3.73. The van der Waals surface area contributed by atoms with Gasteiger partial charge in [-0.25, -0.2) is 9.50 Å². The Morgan fingerprint density at radius 1 is 1.00 bits per heavy atom. The van der Waals surface area contributed by atoms with E-state index >= 15 is 0 Å². The Morgan fingerprint density at radius 2 is 1.73 bits per heavy atom. The largest absolute Gasteiger partial charge is 0.389 e. The highest BCUT2D eigenvalue weighted by Gasteiger charge is 2.39. The molecule has 8 nitrogen and oxygen atoms in total. The van der Waals surface area contributed by atoms with Crippen molar-refractivity contribution < 1.29 is 22.8 Å². The second kappa shape index (κ2) is 13.3. The van der Waals surface area contributed by atoms with Crippen LogP contribution in [0.3, 0.4) is 0 Å². The second-order valence-electron chi connectivity index (χ2n) is 12.5. The van der Waals surface area contributed by atoms with E-state index in [-0.39, 0.29) is 12.5 Å². The molecule has 0 N–H and O–H groups in total. The van der Waals surface area contributed by atoms with E-state index in [1.54, 1.807) is 4.52 Å². The van der Waals surface area contributed by atoms with Gasteiger partial charge in [0.05, 0.1) is 6.42 Å². The number of alkyl halides is 3. The molecule has 2 aliphatic heterocycles. The lowest BCUT2D eigenvalue weighted by Gasteiger charge is -2.39. The minimum absolute atomic E-state index is 0.134. The predicted octanol–water partition coefficient (Wildman–Crippen LogP) is 5.76. The predicted molar refractivity (Wildman–Crippen MR) is 166 cm³/mol. The average Bonchev–Trinajstić information content (AvgIpc) is 3.78. The van der Waals surface area contributed by atoms with Gasteiger partial charge in [-0.15, -0.1) is 0 Å². The molecule has 0 radical (unpaired) electrons. The Balaban J connectivity index is 1.10. The van der Waals surface area contributed by atoms with Crippen molar-refractivity contribution in [2.45, 2.75) is 83.0 Å². The van der Waals surface area contributed by atoms with Gasteiger partial charge in [0.15, 0.2) is 11.5 Å². The third-order valence-electron chi connectivity index (χ3n) is 9.16. The van der Waals surface area contributed by atoms with Crippen LogP contribution in [0.1, 0.15) is 85.6 Å². The third-order valence-corrected chi connectivity index (χ3v) is 9.16. The molecule has 240 valence electrons. The maximum atomic E-state index is 13.6. The van der Waals surface area contributed by atoms with Gasteiger partial charge in [-0.05, 0) is 80.5 Å². The zero-order valence-electron chi connectivity index (χ0n) is 25.8. The SMILES string of the molecule is CCCN1CCC(N(C(=O)c2ccc(Cc3nc4c(C5=CCN(C(=O)CCC(F)(F)F)CC5)cccn4n3)cc2)C2CC2)CC1. The number of fused-ring (bicyclic) bond motifs is 1. The first-order valence-corrected chi connectivity index (χ1v) is 16.2. The van der Waals surface area contributed by atoms with Gasteiger partial charge in [-0.3, -0.25) is 9.59 Å². The summed E-state index contributed by atoms with van der Waals surface area (Å²) in [4.78, 5) is 36.9. The molecule has 0 atom stereocenters.